The second kappa shape index (κ2) is 11.2. The number of rotatable bonds is 11. The predicted molar refractivity (Wildman–Crippen MR) is 132 cm³/mol. The van der Waals surface area contributed by atoms with Crippen LogP contribution in [-0.4, -0.2) is 36.2 Å². The maximum atomic E-state index is 13.3. The lowest BCUT2D eigenvalue weighted by Crippen LogP contribution is -2.35. The van der Waals surface area contributed by atoms with Gasteiger partial charge in [-0.15, -0.1) is 0 Å². The number of nitrogens with one attached hydrogen (secondary N) is 1. The molecule has 0 aromatic heterocycles. The van der Waals surface area contributed by atoms with Gasteiger partial charge in [0, 0.05) is 29.9 Å². The van der Waals surface area contributed by atoms with Crippen molar-refractivity contribution in [3.8, 4) is 5.75 Å². The van der Waals surface area contributed by atoms with Crippen LogP contribution in [0.25, 0.3) is 0 Å². The number of fused-ring (bicyclic) bond motifs is 1. The van der Waals surface area contributed by atoms with E-state index in [1.807, 2.05) is 30.3 Å². The number of ketones is 2. The van der Waals surface area contributed by atoms with Gasteiger partial charge < -0.3 is 15.0 Å². The molecule has 1 aliphatic heterocycles. The number of hydrogen-bond acceptors (Lipinski definition) is 5. The van der Waals surface area contributed by atoms with Crippen molar-refractivity contribution in [3.63, 3.8) is 0 Å². The van der Waals surface area contributed by atoms with Gasteiger partial charge >= 0.3 is 0 Å². The Morgan fingerprint density at radius 2 is 1.45 bits per heavy atom. The van der Waals surface area contributed by atoms with Crippen LogP contribution in [0, 0.1) is 0 Å². The molecule has 1 fully saturated rings. The number of Topliss-reactive ketones (excluding diaryl/α,β-unsaturated/α-hetero) is 2. The summed E-state index contributed by atoms with van der Waals surface area (Å²) in [4.78, 5) is 28.7. The number of ether oxygens (including phenoxy) is 1. The molecule has 1 N–H and O–H groups in total. The minimum Gasteiger partial charge on any atom is -0.494 e. The molecule has 0 bridgehead atoms. The molecule has 4 rings (SSSR count). The van der Waals surface area contributed by atoms with E-state index in [0.717, 1.165) is 43.8 Å². The molecule has 33 heavy (non-hydrogen) atoms. The smallest absolute Gasteiger partial charge is 0.212 e. The lowest BCUT2D eigenvalue weighted by Gasteiger charge is -2.28. The molecule has 0 amide bonds. The average molecular weight is 447 g/mol. The lowest BCUT2D eigenvalue weighted by molar-refractivity contribution is 0.0948. The number of unbranched alkanes of at least 4 members (excludes halogenated alkanes) is 5. The van der Waals surface area contributed by atoms with E-state index in [2.05, 4.69) is 17.1 Å². The molecule has 0 spiro atoms. The zero-order valence-corrected chi connectivity index (χ0v) is 19.6. The first kappa shape index (κ1) is 23.1. The van der Waals surface area contributed by atoms with Gasteiger partial charge in [0.1, 0.15) is 17.1 Å². The molecule has 1 aliphatic carbocycles. The van der Waals surface area contributed by atoms with Crippen LogP contribution < -0.4 is 10.1 Å². The van der Waals surface area contributed by atoms with E-state index in [9.17, 15) is 9.59 Å². The van der Waals surface area contributed by atoms with Crippen molar-refractivity contribution < 1.29 is 14.3 Å². The summed E-state index contributed by atoms with van der Waals surface area (Å²) in [6.07, 6.45) is 9.47. The number of carbonyl (C=O) groups is 2. The van der Waals surface area contributed by atoms with Gasteiger partial charge in [0.05, 0.1) is 6.61 Å². The van der Waals surface area contributed by atoms with Crippen LogP contribution in [0.2, 0.25) is 0 Å². The van der Waals surface area contributed by atoms with Crippen LogP contribution in [0.4, 0.5) is 5.69 Å². The van der Waals surface area contributed by atoms with E-state index in [0.29, 0.717) is 29.1 Å². The number of likely N-dealkylation sites (tertiary alicyclic amines) is 1. The molecule has 0 unspecified atom stereocenters. The van der Waals surface area contributed by atoms with Crippen molar-refractivity contribution in [1.29, 1.82) is 0 Å². The van der Waals surface area contributed by atoms with E-state index in [4.69, 9.17) is 4.74 Å². The lowest BCUT2D eigenvalue weighted by atomic mass is 9.89. The molecule has 174 valence electrons. The summed E-state index contributed by atoms with van der Waals surface area (Å²) >= 11 is 0. The maximum absolute atomic E-state index is 13.3. The van der Waals surface area contributed by atoms with Gasteiger partial charge in [0.2, 0.25) is 11.6 Å². The Kier molecular flexibility index (Phi) is 7.82. The Morgan fingerprint density at radius 1 is 0.818 bits per heavy atom. The highest BCUT2D eigenvalue weighted by atomic mass is 16.5. The fourth-order valence-corrected chi connectivity index (χ4v) is 4.57. The number of allylic oxidation sites excluding steroid dienone is 2. The quantitative estimate of drug-likeness (QED) is 0.415. The molecule has 2 aromatic rings. The Bertz CT molecular complexity index is 1000. The Balaban J connectivity index is 1.44. The first-order chi connectivity index (χ1) is 16.2. The maximum Gasteiger partial charge on any atom is 0.212 e. The molecule has 5 nitrogen and oxygen atoms in total. The summed E-state index contributed by atoms with van der Waals surface area (Å²) in [5, 5.41) is 3.26. The Hall–Kier alpha value is -3.08. The summed E-state index contributed by atoms with van der Waals surface area (Å²) in [5.74, 6) is 0.614. The first-order valence-corrected chi connectivity index (χ1v) is 12.4. The predicted octanol–water partition coefficient (Wildman–Crippen LogP) is 6.22. The Labute approximate surface area is 196 Å². The van der Waals surface area contributed by atoms with E-state index in [-0.39, 0.29) is 11.6 Å². The molecule has 1 saturated heterocycles. The molecule has 5 heteroatoms. The molecule has 0 saturated carbocycles. The van der Waals surface area contributed by atoms with Crippen molar-refractivity contribution in [1.82, 2.24) is 4.90 Å². The largest absolute Gasteiger partial charge is 0.494 e. The molecule has 1 heterocycles. The van der Waals surface area contributed by atoms with E-state index in [1.54, 1.807) is 18.2 Å². The van der Waals surface area contributed by atoms with E-state index < -0.39 is 0 Å². The number of nitrogens with zero attached hydrogens (tertiary/aromatic N) is 1. The van der Waals surface area contributed by atoms with Crippen LogP contribution in [0.5, 0.6) is 5.75 Å². The van der Waals surface area contributed by atoms with Crippen molar-refractivity contribution >= 4 is 17.3 Å². The second-order valence-corrected chi connectivity index (χ2v) is 8.89. The van der Waals surface area contributed by atoms with Crippen molar-refractivity contribution in [2.24, 2.45) is 0 Å². The summed E-state index contributed by atoms with van der Waals surface area (Å²) in [7, 11) is 0. The van der Waals surface area contributed by atoms with Crippen molar-refractivity contribution in [2.75, 3.05) is 25.0 Å². The average Bonchev–Trinajstić information content (AvgIpc) is 3.37. The van der Waals surface area contributed by atoms with E-state index in [1.165, 1.54) is 32.1 Å². The van der Waals surface area contributed by atoms with Crippen LogP contribution in [0.1, 0.15) is 79.0 Å². The van der Waals surface area contributed by atoms with Crippen molar-refractivity contribution in [3.05, 3.63) is 71.1 Å². The van der Waals surface area contributed by atoms with Gasteiger partial charge in [0.15, 0.2) is 0 Å². The third kappa shape index (κ3) is 5.47. The monoisotopic (exact) mass is 446 g/mol. The highest BCUT2D eigenvalue weighted by Gasteiger charge is 2.36. The third-order valence-electron chi connectivity index (χ3n) is 6.41. The highest BCUT2D eigenvalue weighted by molar-refractivity contribution is 6.27. The summed E-state index contributed by atoms with van der Waals surface area (Å²) in [6, 6.07) is 14.7. The fraction of sp³-hybridized carbons (Fsp3) is 0.429. The van der Waals surface area contributed by atoms with Gasteiger partial charge in [-0.1, -0.05) is 63.3 Å². The summed E-state index contributed by atoms with van der Waals surface area (Å²) in [5.41, 5.74) is 2.61. The number of anilines is 1. The fourth-order valence-electron chi connectivity index (χ4n) is 4.57. The molecule has 2 aromatic carbocycles. The van der Waals surface area contributed by atoms with Crippen LogP contribution in [0.15, 0.2) is 59.9 Å². The summed E-state index contributed by atoms with van der Waals surface area (Å²) in [6.45, 7) is 4.54. The summed E-state index contributed by atoms with van der Waals surface area (Å²) < 4.78 is 5.88. The van der Waals surface area contributed by atoms with Gasteiger partial charge in [-0.2, -0.15) is 0 Å². The molecular weight excluding hydrogens is 412 g/mol. The van der Waals surface area contributed by atoms with Crippen LogP contribution >= 0.6 is 0 Å². The number of hydrogen-bond donors (Lipinski definition) is 1. The topological polar surface area (TPSA) is 58.6 Å². The van der Waals surface area contributed by atoms with Crippen LogP contribution in [0.3, 0.4) is 0 Å². The number of benzene rings is 2. The third-order valence-corrected chi connectivity index (χ3v) is 6.41. The first-order valence-electron chi connectivity index (χ1n) is 12.4. The van der Waals surface area contributed by atoms with Gasteiger partial charge in [-0.05, 0) is 43.5 Å². The Morgan fingerprint density at radius 3 is 2.15 bits per heavy atom. The zero-order valence-electron chi connectivity index (χ0n) is 19.6. The highest BCUT2D eigenvalue weighted by Crippen LogP contribution is 2.31. The normalized spacial score (nSPS) is 15.7. The van der Waals surface area contributed by atoms with Gasteiger partial charge in [-0.25, -0.2) is 0 Å². The minimum atomic E-state index is -0.129. The van der Waals surface area contributed by atoms with Crippen molar-refractivity contribution in [2.45, 2.75) is 58.3 Å². The van der Waals surface area contributed by atoms with Gasteiger partial charge in [0.25, 0.3) is 0 Å². The molecule has 0 radical (unpaired) electrons. The molecule has 0 atom stereocenters. The number of carbonyl (C=O) groups excluding carboxylic acids is 2. The molecule has 2 aliphatic rings. The molecular formula is C28H34N2O3. The standard InChI is InChI=1S/C28H34N2O3/c1-2-3-4-5-6-11-20-33-22-16-14-21(15-17-22)29-25-26(30-18-9-10-19-30)28(32)24-13-8-7-12-23(24)27(25)31/h7-8,12-17,29H,2-6,9-11,18-20H2,1H3. The van der Waals surface area contributed by atoms with Gasteiger partial charge in [-0.3, -0.25) is 9.59 Å². The van der Waals surface area contributed by atoms with Crippen LogP contribution in [-0.2, 0) is 0 Å². The van der Waals surface area contributed by atoms with E-state index >= 15 is 0 Å². The zero-order chi connectivity index (χ0) is 23.0. The SMILES string of the molecule is CCCCCCCCOc1ccc(NC2=C(N3CCCC3)C(=O)c3ccccc3C2=O)cc1. The second-order valence-electron chi connectivity index (χ2n) is 8.89. The minimum absolute atomic E-state index is 0.0755.